The minimum atomic E-state index is -0.886. The maximum atomic E-state index is 11.2. The molecule has 0 saturated carbocycles. The van der Waals surface area contributed by atoms with Crippen LogP contribution in [0, 0.1) is 0 Å². The summed E-state index contributed by atoms with van der Waals surface area (Å²) in [5.74, 6) is 0.286. The van der Waals surface area contributed by atoms with Crippen LogP contribution >= 0.6 is 11.3 Å². The summed E-state index contributed by atoms with van der Waals surface area (Å²) in [5.41, 5.74) is 2.88. The first-order chi connectivity index (χ1) is 11.7. The molecule has 24 heavy (non-hydrogen) atoms. The molecule has 4 nitrogen and oxygen atoms in total. The van der Waals surface area contributed by atoms with Gasteiger partial charge in [0.05, 0.1) is 17.7 Å². The van der Waals surface area contributed by atoms with E-state index in [0.717, 1.165) is 33.8 Å². The predicted molar refractivity (Wildman–Crippen MR) is 96.7 cm³/mol. The molecule has 0 saturated heterocycles. The van der Waals surface area contributed by atoms with E-state index in [4.69, 9.17) is 4.74 Å². The summed E-state index contributed by atoms with van der Waals surface area (Å²) in [6.07, 6.45) is 1.02. The third-order valence-electron chi connectivity index (χ3n) is 4.56. The van der Waals surface area contributed by atoms with Crippen molar-refractivity contribution >= 4 is 32.4 Å². The van der Waals surface area contributed by atoms with Crippen molar-refractivity contribution in [1.29, 1.82) is 0 Å². The molecule has 1 aromatic heterocycles. The second-order valence-electron chi connectivity index (χ2n) is 5.90. The molecule has 1 aliphatic heterocycles. The zero-order chi connectivity index (χ0) is 16.7. The van der Waals surface area contributed by atoms with Crippen LogP contribution in [0.1, 0.15) is 33.8 Å². The van der Waals surface area contributed by atoms with Crippen molar-refractivity contribution in [2.75, 3.05) is 19.0 Å². The Bertz CT molecular complexity index is 914. The Morgan fingerprint density at radius 1 is 1.25 bits per heavy atom. The van der Waals surface area contributed by atoms with Gasteiger partial charge in [-0.3, -0.25) is 0 Å². The molecular weight excluding hydrogens is 322 g/mol. The van der Waals surface area contributed by atoms with Crippen LogP contribution in [0.25, 0.3) is 10.1 Å². The van der Waals surface area contributed by atoms with Crippen LogP contribution in [-0.4, -0.2) is 24.7 Å². The van der Waals surface area contributed by atoms with Crippen molar-refractivity contribution in [3.05, 3.63) is 59.2 Å². The first-order valence-electron chi connectivity index (χ1n) is 7.85. The van der Waals surface area contributed by atoms with Crippen LogP contribution in [0.3, 0.4) is 0 Å². The van der Waals surface area contributed by atoms with E-state index >= 15 is 0 Å². The summed E-state index contributed by atoms with van der Waals surface area (Å²) in [6, 6.07) is 13.6. The normalized spacial score (nSPS) is 16.5. The average molecular weight is 339 g/mol. The number of carbonyl (C=O) groups is 1. The molecule has 1 unspecified atom stereocenters. The van der Waals surface area contributed by atoms with Crippen LogP contribution in [0.15, 0.2) is 42.5 Å². The Morgan fingerprint density at radius 3 is 2.75 bits per heavy atom. The molecule has 0 amide bonds. The van der Waals surface area contributed by atoms with E-state index in [2.05, 4.69) is 17.4 Å². The molecule has 122 valence electrons. The smallest absolute Gasteiger partial charge is 0.335 e. The van der Waals surface area contributed by atoms with Crippen LogP contribution < -0.4 is 10.1 Å². The van der Waals surface area contributed by atoms with E-state index in [-0.39, 0.29) is 0 Å². The lowest BCUT2D eigenvalue weighted by molar-refractivity contribution is 0.0697. The van der Waals surface area contributed by atoms with E-state index in [1.165, 1.54) is 11.1 Å². The molecule has 1 aliphatic rings. The summed E-state index contributed by atoms with van der Waals surface area (Å²) in [7, 11) is 1.67. The highest BCUT2D eigenvalue weighted by atomic mass is 32.1. The Hall–Kier alpha value is -2.53. The number of fused-ring (bicyclic) bond motifs is 3. The summed E-state index contributed by atoms with van der Waals surface area (Å²) >= 11 is 1.64. The van der Waals surface area contributed by atoms with Crippen LogP contribution in [0.2, 0.25) is 0 Å². The summed E-state index contributed by atoms with van der Waals surface area (Å²) in [5, 5.41) is 15.0. The minimum absolute atomic E-state index is 0.316. The van der Waals surface area contributed by atoms with Gasteiger partial charge in [-0.15, -0.1) is 11.3 Å². The van der Waals surface area contributed by atoms with E-state index < -0.39 is 5.97 Å². The number of rotatable bonds is 3. The van der Waals surface area contributed by atoms with Crippen LogP contribution in [0.5, 0.6) is 5.75 Å². The lowest BCUT2D eigenvalue weighted by atomic mass is 9.86. The van der Waals surface area contributed by atoms with Crippen molar-refractivity contribution in [2.24, 2.45) is 0 Å². The second-order valence-corrected chi connectivity index (χ2v) is 6.95. The molecule has 5 heteroatoms. The number of carboxylic acids is 1. The number of benzene rings is 2. The highest BCUT2D eigenvalue weighted by molar-refractivity contribution is 7.23. The molecule has 0 radical (unpaired) electrons. The van der Waals surface area contributed by atoms with Gasteiger partial charge in [0, 0.05) is 22.7 Å². The van der Waals surface area contributed by atoms with Crippen molar-refractivity contribution in [3.8, 4) is 5.75 Å². The number of methoxy groups -OCH3 is 1. The molecule has 4 rings (SSSR count). The quantitative estimate of drug-likeness (QED) is 0.735. The van der Waals surface area contributed by atoms with Crippen molar-refractivity contribution in [1.82, 2.24) is 0 Å². The third-order valence-corrected chi connectivity index (χ3v) is 5.69. The highest BCUT2D eigenvalue weighted by Crippen LogP contribution is 2.46. The first kappa shape index (κ1) is 15.0. The monoisotopic (exact) mass is 339 g/mol. The van der Waals surface area contributed by atoms with E-state index in [1.54, 1.807) is 30.6 Å². The Kier molecular flexibility index (Phi) is 3.65. The van der Waals surface area contributed by atoms with E-state index in [0.29, 0.717) is 11.5 Å². The number of hydrogen-bond acceptors (Lipinski definition) is 4. The number of ether oxygens (including phenoxy) is 1. The maximum absolute atomic E-state index is 11.2. The fraction of sp³-hybridized carbons (Fsp3) is 0.211. The van der Waals surface area contributed by atoms with E-state index in [9.17, 15) is 9.90 Å². The molecule has 2 heterocycles. The first-order valence-corrected chi connectivity index (χ1v) is 8.66. The molecule has 0 bridgehead atoms. The summed E-state index contributed by atoms with van der Waals surface area (Å²) in [4.78, 5) is 11.2. The summed E-state index contributed by atoms with van der Waals surface area (Å²) < 4.78 is 6.27. The van der Waals surface area contributed by atoms with Gasteiger partial charge in [-0.1, -0.05) is 18.2 Å². The number of carboxylic acid groups (broad SMARTS) is 1. The Balaban J connectivity index is 1.83. The molecule has 2 aromatic carbocycles. The molecule has 3 aromatic rings. The maximum Gasteiger partial charge on any atom is 0.335 e. The number of anilines is 1. The fourth-order valence-corrected chi connectivity index (χ4v) is 4.60. The largest absolute Gasteiger partial charge is 0.497 e. The van der Waals surface area contributed by atoms with Gasteiger partial charge < -0.3 is 15.2 Å². The fourth-order valence-electron chi connectivity index (χ4n) is 3.37. The van der Waals surface area contributed by atoms with Gasteiger partial charge >= 0.3 is 5.97 Å². The molecule has 0 spiro atoms. The lowest BCUT2D eigenvalue weighted by Crippen LogP contribution is -2.15. The molecule has 1 atom stereocenters. The SMILES string of the molecule is COc1ccc(C2CCNc3sc4cc(C(=O)O)ccc4c32)cc1. The van der Waals surface area contributed by atoms with E-state index in [1.807, 2.05) is 18.2 Å². The zero-order valence-electron chi connectivity index (χ0n) is 13.2. The van der Waals surface area contributed by atoms with Gasteiger partial charge in [-0.2, -0.15) is 0 Å². The van der Waals surface area contributed by atoms with Gasteiger partial charge in [0.25, 0.3) is 0 Å². The lowest BCUT2D eigenvalue weighted by Gasteiger charge is -2.25. The molecular formula is C19H17NO3S. The zero-order valence-corrected chi connectivity index (χ0v) is 14.0. The van der Waals surface area contributed by atoms with Gasteiger partial charge in [0.15, 0.2) is 0 Å². The number of hydrogen-bond donors (Lipinski definition) is 2. The van der Waals surface area contributed by atoms with Gasteiger partial charge in [0.1, 0.15) is 5.75 Å². The van der Waals surface area contributed by atoms with Crippen molar-refractivity contribution < 1.29 is 14.6 Å². The average Bonchev–Trinajstić information content (AvgIpc) is 2.99. The van der Waals surface area contributed by atoms with Crippen LogP contribution in [0.4, 0.5) is 5.00 Å². The van der Waals surface area contributed by atoms with Crippen molar-refractivity contribution in [2.45, 2.75) is 12.3 Å². The van der Waals surface area contributed by atoms with Gasteiger partial charge in [-0.25, -0.2) is 4.79 Å². The number of thiophene rings is 1. The second kappa shape index (κ2) is 5.83. The molecule has 0 aliphatic carbocycles. The highest BCUT2D eigenvalue weighted by Gasteiger charge is 2.26. The third kappa shape index (κ3) is 2.41. The Morgan fingerprint density at radius 2 is 2.04 bits per heavy atom. The topological polar surface area (TPSA) is 58.6 Å². The Labute approximate surface area is 143 Å². The molecule has 0 fully saturated rings. The number of aromatic carboxylic acids is 1. The standard InChI is InChI=1S/C19H17NO3S/c1-23-13-5-2-11(3-6-13)14-8-9-20-18-17(14)15-7-4-12(19(21)22)10-16(15)24-18/h2-7,10,14,20H,8-9H2,1H3,(H,21,22). The van der Waals surface area contributed by atoms with Crippen molar-refractivity contribution in [3.63, 3.8) is 0 Å². The number of nitrogens with one attached hydrogen (secondary N) is 1. The minimum Gasteiger partial charge on any atom is -0.497 e. The summed E-state index contributed by atoms with van der Waals surface area (Å²) in [6.45, 7) is 0.919. The van der Waals surface area contributed by atoms with Gasteiger partial charge in [-0.05, 0) is 41.6 Å². The van der Waals surface area contributed by atoms with Gasteiger partial charge in [0.2, 0.25) is 0 Å². The predicted octanol–water partition coefficient (Wildman–Crippen LogP) is 4.56. The molecule has 2 N–H and O–H groups in total. The van der Waals surface area contributed by atoms with Crippen LogP contribution in [-0.2, 0) is 0 Å².